The summed E-state index contributed by atoms with van der Waals surface area (Å²) in [5.41, 5.74) is 1.75. The lowest BCUT2D eigenvalue weighted by molar-refractivity contribution is 0.0963. The molecule has 0 saturated carbocycles. The summed E-state index contributed by atoms with van der Waals surface area (Å²) >= 11 is 0. The molecule has 26 heavy (non-hydrogen) atoms. The highest BCUT2D eigenvalue weighted by Gasteiger charge is 2.06. The Hall–Kier alpha value is -2.23. The third-order valence-electron chi connectivity index (χ3n) is 3.58. The molecule has 2 rings (SSSR count). The molecule has 8 heteroatoms. The average Bonchev–Trinajstić information content (AvgIpc) is 2.64. The lowest BCUT2D eigenvalue weighted by Gasteiger charge is -2.12. The second-order valence-electron chi connectivity index (χ2n) is 5.29. The predicted molar refractivity (Wildman–Crippen MR) is 109 cm³/mol. The van der Waals surface area contributed by atoms with E-state index in [1.165, 1.54) is 0 Å². The summed E-state index contributed by atoms with van der Waals surface area (Å²) in [7, 11) is 3.17. The van der Waals surface area contributed by atoms with Gasteiger partial charge in [0.05, 0.1) is 0 Å². The Labute approximate surface area is 168 Å². The molecule has 140 valence electrons. The van der Waals surface area contributed by atoms with E-state index in [1.807, 2.05) is 12.1 Å². The number of carbonyl (C=O) groups excluding carboxylic acids is 1. The summed E-state index contributed by atoms with van der Waals surface area (Å²) in [4.78, 5) is 15.5. The third-order valence-corrected chi connectivity index (χ3v) is 3.58. The first-order chi connectivity index (χ1) is 12.0. The quantitative estimate of drug-likeness (QED) is 0.355. The fourth-order valence-electron chi connectivity index (χ4n) is 2.18. The third kappa shape index (κ3) is 6.25. The van der Waals surface area contributed by atoms with Gasteiger partial charge in [-0.3, -0.25) is 9.79 Å². The average molecular weight is 474 g/mol. The SMILES string of the molecule is CN=C(NCc1ccc(C(=O)NC)cc1)NCc1cc(F)ccc1F.I. The lowest BCUT2D eigenvalue weighted by atomic mass is 10.1. The summed E-state index contributed by atoms with van der Waals surface area (Å²) in [5.74, 6) is -0.653. The van der Waals surface area contributed by atoms with Crippen LogP contribution < -0.4 is 16.0 Å². The monoisotopic (exact) mass is 474 g/mol. The van der Waals surface area contributed by atoms with Crippen molar-refractivity contribution in [3.8, 4) is 0 Å². The van der Waals surface area contributed by atoms with Gasteiger partial charge in [0.1, 0.15) is 11.6 Å². The Morgan fingerprint density at radius 2 is 1.69 bits per heavy atom. The zero-order chi connectivity index (χ0) is 18.2. The Morgan fingerprint density at radius 3 is 2.31 bits per heavy atom. The molecule has 0 radical (unpaired) electrons. The molecule has 0 atom stereocenters. The number of guanidine groups is 1. The molecule has 2 aromatic carbocycles. The summed E-state index contributed by atoms with van der Waals surface area (Å²) in [6.45, 7) is 0.582. The molecule has 3 N–H and O–H groups in total. The molecule has 0 spiro atoms. The first kappa shape index (κ1) is 21.8. The standard InChI is InChI=1S/C18H20F2N4O.HI/c1-21-17(25)13-5-3-12(4-6-13)10-23-18(22-2)24-11-14-9-15(19)7-8-16(14)20;/h3-9H,10-11H2,1-2H3,(H,21,25)(H2,22,23,24);1H. The summed E-state index contributed by atoms with van der Waals surface area (Å²) in [6, 6.07) is 10.4. The van der Waals surface area contributed by atoms with E-state index < -0.39 is 11.6 Å². The summed E-state index contributed by atoms with van der Waals surface area (Å²) < 4.78 is 26.8. The van der Waals surface area contributed by atoms with Crippen molar-refractivity contribution in [2.24, 2.45) is 4.99 Å². The van der Waals surface area contributed by atoms with Crippen LogP contribution in [0.25, 0.3) is 0 Å². The number of amides is 1. The Bertz CT molecular complexity index is 766. The second kappa shape index (κ2) is 10.7. The molecule has 0 aliphatic carbocycles. The number of hydrogen-bond donors (Lipinski definition) is 3. The van der Waals surface area contributed by atoms with Gasteiger partial charge in [-0.2, -0.15) is 0 Å². The van der Waals surface area contributed by atoms with Gasteiger partial charge in [-0.05, 0) is 35.9 Å². The number of hydrogen-bond acceptors (Lipinski definition) is 2. The van der Waals surface area contributed by atoms with Gasteiger partial charge in [-0.15, -0.1) is 24.0 Å². The Morgan fingerprint density at radius 1 is 1.04 bits per heavy atom. The molecule has 0 saturated heterocycles. The molecule has 1 amide bonds. The largest absolute Gasteiger partial charge is 0.355 e. The summed E-state index contributed by atoms with van der Waals surface area (Å²) in [6.07, 6.45) is 0. The second-order valence-corrected chi connectivity index (χ2v) is 5.29. The molecule has 5 nitrogen and oxygen atoms in total. The zero-order valence-electron chi connectivity index (χ0n) is 14.5. The van der Waals surface area contributed by atoms with Gasteiger partial charge >= 0.3 is 0 Å². The smallest absolute Gasteiger partial charge is 0.251 e. The molecule has 0 fully saturated rings. The van der Waals surface area contributed by atoms with Crippen molar-refractivity contribution >= 4 is 35.8 Å². The lowest BCUT2D eigenvalue weighted by Crippen LogP contribution is -2.36. The molecule has 0 unspecified atom stereocenters. The molecule has 2 aromatic rings. The number of benzene rings is 2. The van der Waals surface area contributed by atoms with Crippen LogP contribution in [0.15, 0.2) is 47.5 Å². The maximum absolute atomic E-state index is 13.6. The first-order valence-electron chi connectivity index (χ1n) is 7.73. The normalized spacial score (nSPS) is 10.7. The summed E-state index contributed by atoms with van der Waals surface area (Å²) in [5, 5.41) is 8.57. The van der Waals surface area contributed by atoms with Crippen LogP contribution in [-0.2, 0) is 13.1 Å². The number of rotatable bonds is 5. The maximum atomic E-state index is 13.6. The topological polar surface area (TPSA) is 65.5 Å². The van der Waals surface area contributed by atoms with Crippen molar-refractivity contribution in [3.63, 3.8) is 0 Å². The van der Waals surface area contributed by atoms with Crippen molar-refractivity contribution in [3.05, 3.63) is 70.8 Å². The fraction of sp³-hybridized carbons (Fsp3) is 0.222. The van der Waals surface area contributed by atoms with E-state index in [9.17, 15) is 13.6 Å². The van der Waals surface area contributed by atoms with Crippen molar-refractivity contribution in [2.75, 3.05) is 14.1 Å². The van der Waals surface area contributed by atoms with E-state index in [-0.39, 0.29) is 42.0 Å². The van der Waals surface area contributed by atoms with Gasteiger partial charge in [-0.25, -0.2) is 8.78 Å². The molecular formula is C18H21F2IN4O. The predicted octanol–water partition coefficient (Wildman–Crippen LogP) is 2.81. The van der Waals surface area contributed by atoms with Crippen LogP contribution in [0, 0.1) is 11.6 Å². The number of carbonyl (C=O) groups is 1. The van der Waals surface area contributed by atoms with E-state index in [4.69, 9.17) is 0 Å². The minimum atomic E-state index is -0.489. The van der Waals surface area contributed by atoms with Gasteiger partial charge < -0.3 is 16.0 Å². The minimum absolute atomic E-state index is 0. The number of nitrogens with one attached hydrogen (secondary N) is 3. The van der Waals surface area contributed by atoms with Crippen LogP contribution in [0.2, 0.25) is 0 Å². The van der Waals surface area contributed by atoms with E-state index in [2.05, 4.69) is 20.9 Å². The molecule has 0 aliphatic heterocycles. The highest BCUT2D eigenvalue weighted by Crippen LogP contribution is 2.09. The van der Waals surface area contributed by atoms with Crippen molar-refractivity contribution in [1.29, 1.82) is 0 Å². The number of nitrogens with zero attached hydrogens (tertiary/aromatic N) is 1. The molecule has 0 heterocycles. The molecule has 0 aromatic heterocycles. The van der Waals surface area contributed by atoms with Gasteiger partial charge in [-0.1, -0.05) is 12.1 Å². The van der Waals surface area contributed by atoms with E-state index >= 15 is 0 Å². The maximum Gasteiger partial charge on any atom is 0.251 e. The van der Waals surface area contributed by atoms with Crippen LogP contribution in [0.4, 0.5) is 8.78 Å². The zero-order valence-corrected chi connectivity index (χ0v) is 16.8. The van der Waals surface area contributed by atoms with Crippen molar-refractivity contribution in [1.82, 2.24) is 16.0 Å². The van der Waals surface area contributed by atoms with Gasteiger partial charge in [0.15, 0.2) is 5.96 Å². The molecule has 0 aliphatic rings. The highest BCUT2D eigenvalue weighted by atomic mass is 127. The minimum Gasteiger partial charge on any atom is -0.355 e. The fourth-order valence-corrected chi connectivity index (χ4v) is 2.18. The van der Waals surface area contributed by atoms with Gasteiger partial charge in [0.25, 0.3) is 5.91 Å². The molecule has 0 bridgehead atoms. The number of aliphatic imine (C=N–C) groups is 1. The van der Waals surface area contributed by atoms with Crippen LogP contribution in [0.3, 0.4) is 0 Å². The molecular weight excluding hydrogens is 453 g/mol. The Balaban J connectivity index is 0.00000338. The van der Waals surface area contributed by atoms with Gasteiger partial charge in [0.2, 0.25) is 0 Å². The Kier molecular flexibility index (Phi) is 8.97. The van der Waals surface area contributed by atoms with Crippen molar-refractivity contribution < 1.29 is 13.6 Å². The highest BCUT2D eigenvalue weighted by molar-refractivity contribution is 14.0. The van der Waals surface area contributed by atoms with Crippen LogP contribution >= 0.6 is 24.0 Å². The van der Waals surface area contributed by atoms with E-state index in [1.54, 1.807) is 26.2 Å². The van der Waals surface area contributed by atoms with Crippen LogP contribution in [0.5, 0.6) is 0 Å². The van der Waals surface area contributed by atoms with Crippen LogP contribution in [0.1, 0.15) is 21.5 Å². The van der Waals surface area contributed by atoms with E-state index in [0.717, 1.165) is 23.8 Å². The van der Waals surface area contributed by atoms with Crippen LogP contribution in [-0.4, -0.2) is 26.0 Å². The van der Waals surface area contributed by atoms with Crippen molar-refractivity contribution in [2.45, 2.75) is 13.1 Å². The first-order valence-corrected chi connectivity index (χ1v) is 7.73. The number of halogens is 3. The van der Waals surface area contributed by atoms with E-state index in [0.29, 0.717) is 18.1 Å². The van der Waals surface area contributed by atoms with Gasteiger partial charge in [0, 0.05) is 38.3 Å².